The van der Waals surface area contributed by atoms with Crippen LogP contribution in [-0.4, -0.2) is 16.3 Å². The van der Waals surface area contributed by atoms with Gasteiger partial charge in [0.1, 0.15) is 10.7 Å². The van der Waals surface area contributed by atoms with E-state index >= 15 is 0 Å². The Kier molecular flexibility index (Phi) is 2.87. The second kappa shape index (κ2) is 4.31. The van der Waals surface area contributed by atoms with Gasteiger partial charge in [-0.25, -0.2) is 4.98 Å². The minimum Gasteiger partial charge on any atom is -0.296 e. The highest BCUT2D eigenvalue weighted by Crippen LogP contribution is 2.23. The first-order valence-corrected chi connectivity index (χ1v) is 5.57. The first-order valence-electron chi connectivity index (χ1n) is 4.69. The molecular formula is C11H10N2OS. The van der Waals surface area contributed by atoms with Crippen LogP contribution >= 0.6 is 11.3 Å². The van der Waals surface area contributed by atoms with Gasteiger partial charge < -0.3 is 0 Å². The van der Waals surface area contributed by atoms with Gasteiger partial charge in [0, 0.05) is 22.8 Å². The fourth-order valence-electron chi connectivity index (χ4n) is 1.28. The molecule has 4 heteroatoms. The molecule has 0 saturated carbocycles. The van der Waals surface area contributed by atoms with Crippen LogP contribution in [0, 0.1) is 0 Å². The minimum atomic E-state index is 0.491. The van der Waals surface area contributed by atoms with E-state index in [2.05, 4.69) is 16.9 Å². The first kappa shape index (κ1) is 9.98. The average molecular weight is 218 g/mol. The molecule has 2 heterocycles. The van der Waals surface area contributed by atoms with E-state index in [9.17, 15) is 4.79 Å². The third-order valence-corrected chi connectivity index (χ3v) is 2.98. The van der Waals surface area contributed by atoms with E-state index in [1.54, 1.807) is 11.6 Å². The quantitative estimate of drug-likeness (QED) is 0.744. The number of pyridine rings is 1. The lowest BCUT2D eigenvalue weighted by atomic mass is 10.2. The molecule has 15 heavy (non-hydrogen) atoms. The van der Waals surface area contributed by atoms with E-state index in [4.69, 9.17) is 0 Å². The lowest BCUT2D eigenvalue weighted by Crippen LogP contribution is -1.87. The zero-order valence-electron chi connectivity index (χ0n) is 8.30. The summed E-state index contributed by atoms with van der Waals surface area (Å²) in [5, 5.41) is 2.63. The number of hydrogen-bond acceptors (Lipinski definition) is 4. The van der Waals surface area contributed by atoms with Gasteiger partial charge in [0.25, 0.3) is 0 Å². The largest absolute Gasteiger partial charge is 0.296 e. The van der Waals surface area contributed by atoms with Gasteiger partial charge in [-0.05, 0) is 18.6 Å². The Morgan fingerprint density at radius 3 is 3.07 bits per heavy atom. The summed E-state index contributed by atoms with van der Waals surface area (Å²) in [6.45, 7) is 2.06. The highest BCUT2D eigenvalue weighted by Gasteiger charge is 2.04. The van der Waals surface area contributed by atoms with Gasteiger partial charge in [-0.15, -0.1) is 11.3 Å². The third kappa shape index (κ3) is 2.10. The van der Waals surface area contributed by atoms with Gasteiger partial charge in [-0.2, -0.15) is 0 Å². The summed E-state index contributed by atoms with van der Waals surface area (Å²) < 4.78 is 0. The molecule has 0 radical (unpaired) electrons. The van der Waals surface area contributed by atoms with Gasteiger partial charge in [0.2, 0.25) is 0 Å². The third-order valence-electron chi connectivity index (χ3n) is 2.07. The minimum absolute atomic E-state index is 0.491. The smallest absolute Gasteiger partial charge is 0.169 e. The van der Waals surface area contributed by atoms with Crippen LogP contribution in [0.5, 0.6) is 0 Å². The van der Waals surface area contributed by atoms with E-state index in [1.807, 2.05) is 12.1 Å². The molecule has 0 saturated heterocycles. The molecule has 0 aliphatic heterocycles. The zero-order valence-corrected chi connectivity index (χ0v) is 9.12. The van der Waals surface area contributed by atoms with Crippen LogP contribution in [-0.2, 0) is 6.42 Å². The predicted molar refractivity (Wildman–Crippen MR) is 60.1 cm³/mol. The molecule has 2 rings (SSSR count). The standard InChI is InChI=1S/C11H10N2OS/c1-2-9-5-8(3-4-12-9)11-13-10(6-14)7-15-11/h3-7H,2H2,1H3. The highest BCUT2D eigenvalue weighted by atomic mass is 32.1. The molecule has 0 amide bonds. The average Bonchev–Trinajstić information content (AvgIpc) is 2.78. The summed E-state index contributed by atoms with van der Waals surface area (Å²) in [4.78, 5) is 18.9. The number of nitrogens with zero attached hydrogens (tertiary/aromatic N) is 2. The fraction of sp³-hybridized carbons (Fsp3) is 0.182. The summed E-state index contributed by atoms with van der Waals surface area (Å²) in [6.07, 6.45) is 3.44. The molecule has 2 aromatic heterocycles. The van der Waals surface area contributed by atoms with Gasteiger partial charge in [-0.1, -0.05) is 6.92 Å². The number of aryl methyl sites for hydroxylation is 1. The molecule has 3 nitrogen and oxygen atoms in total. The van der Waals surface area contributed by atoms with Crippen molar-refractivity contribution in [2.45, 2.75) is 13.3 Å². The molecular weight excluding hydrogens is 208 g/mol. The number of carbonyl (C=O) groups is 1. The molecule has 0 fully saturated rings. The molecule has 76 valence electrons. The molecule has 2 aromatic rings. The van der Waals surface area contributed by atoms with Crippen molar-refractivity contribution in [1.82, 2.24) is 9.97 Å². The lowest BCUT2D eigenvalue weighted by Gasteiger charge is -1.98. The Balaban J connectivity index is 2.39. The highest BCUT2D eigenvalue weighted by molar-refractivity contribution is 7.13. The van der Waals surface area contributed by atoms with Crippen LogP contribution in [0.1, 0.15) is 23.1 Å². The molecule has 0 N–H and O–H groups in total. The van der Waals surface area contributed by atoms with Crippen LogP contribution < -0.4 is 0 Å². The van der Waals surface area contributed by atoms with E-state index in [-0.39, 0.29) is 0 Å². The second-order valence-electron chi connectivity index (χ2n) is 3.08. The van der Waals surface area contributed by atoms with Gasteiger partial charge in [0.15, 0.2) is 6.29 Å². The number of aromatic nitrogens is 2. The maximum atomic E-state index is 10.5. The topological polar surface area (TPSA) is 42.9 Å². The second-order valence-corrected chi connectivity index (χ2v) is 3.94. The van der Waals surface area contributed by atoms with Crippen molar-refractivity contribution >= 4 is 17.6 Å². The van der Waals surface area contributed by atoms with E-state index in [0.29, 0.717) is 5.69 Å². The van der Waals surface area contributed by atoms with Crippen molar-refractivity contribution in [2.24, 2.45) is 0 Å². The number of rotatable bonds is 3. The fourth-order valence-corrected chi connectivity index (χ4v) is 2.04. The summed E-state index contributed by atoms with van der Waals surface area (Å²) in [6, 6.07) is 3.92. The van der Waals surface area contributed by atoms with Crippen molar-refractivity contribution in [3.05, 3.63) is 35.1 Å². The van der Waals surface area contributed by atoms with Crippen molar-refractivity contribution in [2.75, 3.05) is 0 Å². The van der Waals surface area contributed by atoms with Crippen molar-refractivity contribution in [1.29, 1.82) is 0 Å². The van der Waals surface area contributed by atoms with E-state index in [0.717, 1.165) is 29.0 Å². The summed E-state index contributed by atoms with van der Waals surface area (Å²) in [5.74, 6) is 0. The molecule has 0 atom stereocenters. The van der Waals surface area contributed by atoms with Crippen LogP contribution in [0.4, 0.5) is 0 Å². The Bertz CT molecular complexity index is 479. The van der Waals surface area contributed by atoms with Gasteiger partial charge >= 0.3 is 0 Å². The number of aldehydes is 1. The number of carbonyl (C=O) groups excluding carboxylic acids is 1. The van der Waals surface area contributed by atoms with Crippen LogP contribution in [0.25, 0.3) is 10.6 Å². The maximum Gasteiger partial charge on any atom is 0.169 e. The van der Waals surface area contributed by atoms with Gasteiger partial charge in [0.05, 0.1) is 0 Å². The van der Waals surface area contributed by atoms with Gasteiger partial charge in [-0.3, -0.25) is 9.78 Å². The predicted octanol–water partition coefficient (Wildman–Crippen LogP) is 2.58. The summed E-state index contributed by atoms with van der Waals surface area (Å²) in [5.41, 5.74) is 2.56. The van der Waals surface area contributed by atoms with Crippen LogP contribution in [0.15, 0.2) is 23.7 Å². The molecule has 0 aliphatic carbocycles. The summed E-state index contributed by atoms with van der Waals surface area (Å²) >= 11 is 1.48. The number of hydrogen-bond donors (Lipinski definition) is 0. The van der Waals surface area contributed by atoms with E-state index in [1.165, 1.54) is 11.3 Å². The number of thiazole rings is 1. The summed E-state index contributed by atoms with van der Waals surface area (Å²) in [7, 11) is 0. The SMILES string of the molecule is CCc1cc(-c2nc(C=O)cs2)ccn1. The Labute approximate surface area is 91.8 Å². The van der Waals surface area contributed by atoms with Crippen molar-refractivity contribution in [3.63, 3.8) is 0 Å². The maximum absolute atomic E-state index is 10.5. The molecule has 0 aromatic carbocycles. The molecule has 0 unspecified atom stereocenters. The van der Waals surface area contributed by atoms with Crippen LogP contribution in [0.2, 0.25) is 0 Å². The Morgan fingerprint density at radius 2 is 2.40 bits per heavy atom. The van der Waals surface area contributed by atoms with Crippen molar-refractivity contribution in [3.8, 4) is 10.6 Å². The lowest BCUT2D eigenvalue weighted by molar-refractivity contribution is 0.111. The molecule has 0 spiro atoms. The zero-order chi connectivity index (χ0) is 10.7. The first-order chi connectivity index (χ1) is 7.33. The Hall–Kier alpha value is -1.55. The normalized spacial score (nSPS) is 10.2. The Morgan fingerprint density at radius 1 is 1.53 bits per heavy atom. The van der Waals surface area contributed by atoms with Crippen LogP contribution in [0.3, 0.4) is 0 Å². The molecule has 0 aliphatic rings. The molecule has 0 bridgehead atoms. The van der Waals surface area contributed by atoms with Crippen molar-refractivity contribution < 1.29 is 4.79 Å². The monoisotopic (exact) mass is 218 g/mol. The van der Waals surface area contributed by atoms with E-state index < -0.39 is 0 Å².